The maximum atomic E-state index is 13.3. The Morgan fingerprint density at radius 2 is 1.15 bits per heavy atom. The van der Waals surface area contributed by atoms with E-state index >= 15 is 0 Å². The first-order valence-electron chi connectivity index (χ1n) is 25.1. The third-order valence-corrected chi connectivity index (χ3v) is 21.3. The fourth-order valence-electron chi connectivity index (χ4n) is 17.2. The molecule has 8 saturated carbocycles. The predicted octanol–water partition coefficient (Wildman–Crippen LogP) is 13.2. The average molecular weight is 992 g/mol. The standard InChI is InChI=1S/C26H37F3N2O2.C22H35BrO2.C4H6N2.2CH4/c1-23(33)10-11-24(2)16(12-23)4-5-18-19-6-7-21(25(19,3)9-8-20(18)24)22(32)15-31-14-17(13-30-31)26(27,28)29;1-20(25)10-11-21(2)14(12-20)4-5-15-16-6-7-18(19(24)13-23)22(16,3)9-8-17(15)21;1-4-2-5-6-3-4;;/h13-14,16,18-21,33H,4-12,15H2,1-3H3;14-18,25H,4-13H2,1-3H3;2-3H,1H3,(H,5,6);2*1H4/t16-,18+,19+,20+,21-,23-,24+,25+;14-,15+,16+,17+,18-,20-,21+,22+;;;/m11.../s1. The van der Waals surface area contributed by atoms with Gasteiger partial charge in [0.25, 0.3) is 0 Å². The summed E-state index contributed by atoms with van der Waals surface area (Å²) in [6.45, 7) is 15.7. The normalized spacial score (nSPS) is 44.3. The molecule has 2 aromatic heterocycles. The van der Waals surface area contributed by atoms with Crippen LogP contribution in [0, 0.1) is 87.8 Å². The van der Waals surface area contributed by atoms with Crippen molar-refractivity contribution in [2.24, 2.45) is 80.8 Å². The van der Waals surface area contributed by atoms with Crippen molar-refractivity contribution in [2.45, 2.75) is 203 Å². The molecule has 0 amide bonds. The van der Waals surface area contributed by atoms with Crippen LogP contribution >= 0.6 is 15.9 Å². The maximum absolute atomic E-state index is 13.3. The molecule has 8 aliphatic carbocycles. The van der Waals surface area contributed by atoms with Crippen LogP contribution in [0.1, 0.15) is 183 Å². The molecule has 8 nitrogen and oxygen atoms in total. The van der Waals surface area contributed by atoms with E-state index in [0.29, 0.717) is 46.1 Å². The van der Waals surface area contributed by atoms with Crippen molar-refractivity contribution in [1.82, 2.24) is 20.0 Å². The van der Waals surface area contributed by atoms with Crippen molar-refractivity contribution in [3.05, 3.63) is 35.9 Å². The molecule has 8 aliphatic rings. The van der Waals surface area contributed by atoms with Crippen LogP contribution in [0.3, 0.4) is 0 Å². The molecule has 0 aromatic carbocycles. The summed E-state index contributed by atoms with van der Waals surface area (Å²) in [6, 6.07) is 0. The molecule has 16 atom stereocenters. The van der Waals surface area contributed by atoms with Gasteiger partial charge in [-0.1, -0.05) is 58.5 Å². The highest BCUT2D eigenvalue weighted by molar-refractivity contribution is 9.09. The number of hydrogen-bond acceptors (Lipinski definition) is 6. The Labute approximate surface area is 403 Å². The van der Waals surface area contributed by atoms with Crippen LogP contribution in [0.25, 0.3) is 0 Å². The lowest BCUT2D eigenvalue weighted by Crippen LogP contribution is -2.55. The second-order valence-corrected chi connectivity index (χ2v) is 24.9. The largest absolute Gasteiger partial charge is 0.419 e. The number of carbonyl (C=O) groups excluding carboxylic acids is 2. The highest BCUT2D eigenvalue weighted by atomic mass is 79.9. The van der Waals surface area contributed by atoms with Crippen molar-refractivity contribution in [3.8, 4) is 0 Å². The SMILES string of the molecule is C.C.C[C@@]1(O)CC[C@@]2(C)[C@H](CC[C@@H]3[C@@H]2CC[C@]2(C)[C@@H](C(=O)CBr)CC[C@@H]32)C1.C[C@@]1(O)CC[C@@]2(C)[C@H](CC[C@@H]3[C@@H]2CC[C@]2(C)[C@@H](C(=O)Cn4cc(C(F)(F)F)cn4)CC[C@@H]32)C1.Cc1cn[nH]c1. The minimum Gasteiger partial charge on any atom is -0.390 e. The number of halogens is 4. The number of aliphatic hydroxyl groups is 2. The van der Waals surface area contributed by atoms with Crippen LogP contribution in [0.4, 0.5) is 13.2 Å². The van der Waals surface area contributed by atoms with Gasteiger partial charge in [-0.15, -0.1) is 0 Å². The maximum Gasteiger partial charge on any atom is 0.419 e. The summed E-state index contributed by atoms with van der Waals surface area (Å²) in [5.74, 6) is 6.10. The number of alkyl halides is 4. The quantitative estimate of drug-likeness (QED) is 0.257. The Morgan fingerprint density at radius 3 is 1.55 bits per heavy atom. The number of aryl methyl sites for hydroxylation is 1. The van der Waals surface area contributed by atoms with E-state index in [9.17, 15) is 33.0 Å². The first-order chi connectivity index (χ1) is 29.9. The van der Waals surface area contributed by atoms with E-state index in [0.717, 1.165) is 105 Å². The minimum atomic E-state index is -4.44. The van der Waals surface area contributed by atoms with Crippen molar-refractivity contribution in [1.29, 1.82) is 0 Å². The molecule has 0 spiro atoms. The third kappa shape index (κ3) is 9.71. The smallest absolute Gasteiger partial charge is 0.390 e. The number of carbonyl (C=O) groups is 2. The monoisotopic (exact) mass is 991 g/mol. The van der Waals surface area contributed by atoms with Gasteiger partial charge in [0.1, 0.15) is 5.78 Å². The van der Waals surface area contributed by atoms with Gasteiger partial charge in [-0.25, -0.2) is 0 Å². The highest BCUT2D eigenvalue weighted by Crippen LogP contribution is 2.70. The Kier molecular flexibility index (Phi) is 15.6. The number of nitrogens with zero attached hydrogens (tertiary/aromatic N) is 3. The molecule has 66 heavy (non-hydrogen) atoms. The molecule has 374 valence electrons. The van der Waals surface area contributed by atoms with Crippen molar-refractivity contribution in [3.63, 3.8) is 0 Å². The number of aromatic amines is 1. The van der Waals surface area contributed by atoms with Gasteiger partial charge < -0.3 is 10.2 Å². The van der Waals surface area contributed by atoms with Crippen LogP contribution in [0.5, 0.6) is 0 Å². The van der Waals surface area contributed by atoms with Gasteiger partial charge in [0.15, 0.2) is 5.78 Å². The lowest BCUT2D eigenvalue weighted by atomic mass is 9.44. The molecule has 0 bridgehead atoms. The van der Waals surface area contributed by atoms with Gasteiger partial charge in [-0.3, -0.25) is 19.4 Å². The zero-order valence-corrected chi connectivity index (χ0v) is 41.4. The summed E-state index contributed by atoms with van der Waals surface area (Å²) in [5, 5.41) is 32.0. The molecule has 3 N–H and O–H groups in total. The lowest BCUT2D eigenvalue weighted by Gasteiger charge is -2.61. The van der Waals surface area contributed by atoms with E-state index in [1.807, 2.05) is 27.0 Å². The van der Waals surface area contributed by atoms with Gasteiger partial charge >= 0.3 is 6.18 Å². The second-order valence-electron chi connectivity index (χ2n) is 24.3. The molecule has 0 aliphatic heterocycles. The number of ketones is 2. The molecular formula is C54H86BrF3N4O4. The minimum absolute atomic E-state index is 0. The molecule has 8 fully saturated rings. The van der Waals surface area contributed by atoms with Gasteiger partial charge in [0.05, 0.1) is 41.0 Å². The molecule has 0 unspecified atom stereocenters. The molecular weight excluding hydrogens is 906 g/mol. The van der Waals surface area contributed by atoms with Crippen molar-refractivity contribution < 1.29 is 33.0 Å². The molecule has 10 rings (SSSR count). The summed E-state index contributed by atoms with van der Waals surface area (Å²) in [6.07, 6.45) is 20.8. The van der Waals surface area contributed by atoms with Crippen LogP contribution < -0.4 is 0 Å². The fraction of sp³-hybridized carbons (Fsp3) is 0.852. The Balaban J connectivity index is 0.000000193. The van der Waals surface area contributed by atoms with Gasteiger partial charge in [-0.2, -0.15) is 23.4 Å². The number of fused-ring (bicyclic) bond motifs is 10. The van der Waals surface area contributed by atoms with E-state index in [2.05, 4.69) is 58.9 Å². The summed E-state index contributed by atoms with van der Waals surface area (Å²) >= 11 is 3.43. The molecule has 0 saturated heterocycles. The van der Waals surface area contributed by atoms with Crippen LogP contribution in [-0.4, -0.2) is 58.3 Å². The number of rotatable bonds is 5. The predicted molar refractivity (Wildman–Crippen MR) is 260 cm³/mol. The first kappa shape index (κ1) is 53.3. The third-order valence-electron chi connectivity index (χ3n) is 20.7. The van der Waals surface area contributed by atoms with Crippen LogP contribution in [0.2, 0.25) is 0 Å². The van der Waals surface area contributed by atoms with Crippen LogP contribution in [0.15, 0.2) is 24.8 Å². The van der Waals surface area contributed by atoms with E-state index in [1.165, 1.54) is 50.5 Å². The lowest BCUT2D eigenvalue weighted by molar-refractivity contribution is -0.151. The van der Waals surface area contributed by atoms with E-state index < -0.39 is 22.9 Å². The Hall–Kier alpha value is -2.05. The average Bonchev–Trinajstić information content (AvgIpc) is 4.04. The van der Waals surface area contributed by atoms with Crippen molar-refractivity contribution >= 4 is 27.5 Å². The van der Waals surface area contributed by atoms with E-state index in [1.54, 1.807) is 6.20 Å². The number of H-pyrrole nitrogens is 1. The fourth-order valence-corrected chi connectivity index (χ4v) is 17.6. The molecule has 12 heteroatoms. The Morgan fingerprint density at radius 1 is 0.682 bits per heavy atom. The summed E-state index contributed by atoms with van der Waals surface area (Å²) in [4.78, 5) is 25.8. The molecule has 2 heterocycles. The highest BCUT2D eigenvalue weighted by Gasteiger charge is 2.63. The number of nitrogens with one attached hydrogen (secondary N) is 1. The number of Topliss-reactive ketones (excluding diaryl/α,β-unsaturated/α-hetero) is 2. The molecule has 0 radical (unpaired) electrons. The first-order valence-corrected chi connectivity index (χ1v) is 26.2. The summed E-state index contributed by atoms with van der Waals surface area (Å²) in [5.41, 5.74) is 0.265. The summed E-state index contributed by atoms with van der Waals surface area (Å²) < 4.78 is 39.9. The number of hydrogen-bond donors (Lipinski definition) is 3. The Bertz CT molecular complexity index is 1990. The zero-order chi connectivity index (χ0) is 46.3. The van der Waals surface area contributed by atoms with Gasteiger partial charge in [0, 0.05) is 24.2 Å². The number of aromatic nitrogens is 4. The van der Waals surface area contributed by atoms with Gasteiger partial charge in [-0.05, 0) is 211 Å². The zero-order valence-electron chi connectivity index (χ0n) is 39.8. The second kappa shape index (κ2) is 19.3. The van der Waals surface area contributed by atoms with E-state index in [4.69, 9.17) is 0 Å². The van der Waals surface area contributed by atoms with Gasteiger partial charge in [0.2, 0.25) is 0 Å². The topological polar surface area (TPSA) is 121 Å². The van der Waals surface area contributed by atoms with E-state index in [-0.39, 0.29) is 55.3 Å². The van der Waals surface area contributed by atoms with Crippen LogP contribution in [-0.2, 0) is 22.3 Å². The summed E-state index contributed by atoms with van der Waals surface area (Å²) in [7, 11) is 0. The molecule has 2 aromatic rings. The van der Waals surface area contributed by atoms with Crippen molar-refractivity contribution in [2.75, 3.05) is 5.33 Å².